The number of amides is 1. The first-order valence-electron chi connectivity index (χ1n) is 8.09. The lowest BCUT2D eigenvalue weighted by Gasteiger charge is -2.34. The number of guanidine groups is 1. The number of aliphatic imine (C=N–C) groups is 1. The smallest absolute Gasteiger partial charge is 0.220 e. The molecule has 1 heterocycles. The van der Waals surface area contributed by atoms with Crippen molar-refractivity contribution >= 4 is 23.6 Å². The lowest BCUT2D eigenvalue weighted by Crippen LogP contribution is -2.48. The second-order valence-corrected chi connectivity index (χ2v) is 7.17. The molecule has 0 aromatic rings. The molecule has 1 unspecified atom stereocenters. The van der Waals surface area contributed by atoms with Gasteiger partial charge in [0.1, 0.15) is 0 Å². The highest BCUT2D eigenvalue weighted by Crippen LogP contribution is 2.21. The molecule has 2 aliphatic rings. The van der Waals surface area contributed by atoms with Gasteiger partial charge in [0.05, 0.1) is 0 Å². The van der Waals surface area contributed by atoms with Crippen molar-refractivity contribution < 1.29 is 4.79 Å². The van der Waals surface area contributed by atoms with Crippen molar-refractivity contribution in [3.8, 4) is 0 Å². The summed E-state index contributed by atoms with van der Waals surface area (Å²) in [4.78, 5) is 18.3. The highest BCUT2D eigenvalue weighted by atomic mass is 32.2. The summed E-state index contributed by atoms with van der Waals surface area (Å²) in [6.45, 7) is 5.19. The fourth-order valence-corrected chi connectivity index (χ4v) is 3.65. The average molecular weight is 312 g/mol. The SMILES string of the molecule is CCC1CN(C(=NC)NCCCC(=O)NC2CC2)CCS1. The van der Waals surface area contributed by atoms with Crippen LogP contribution in [0.3, 0.4) is 0 Å². The molecule has 1 aliphatic heterocycles. The molecule has 2 fully saturated rings. The zero-order chi connectivity index (χ0) is 15.1. The number of carbonyl (C=O) groups is 1. The summed E-state index contributed by atoms with van der Waals surface area (Å²) in [6.07, 6.45) is 4.98. The predicted molar refractivity (Wildman–Crippen MR) is 89.9 cm³/mol. The van der Waals surface area contributed by atoms with Gasteiger partial charge in [-0.25, -0.2) is 0 Å². The van der Waals surface area contributed by atoms with Crippen LogP contribution in [-0.4, -0.2) is 60.5 Å². The molecule has 120 valence electrons. The van der Waals surface area contributed by atoms with E-state index < -0.39 is 0 Å². The quantitative estimate of drug-likeness (QED) is 0.443. The highest BCUT2D eigenvalue weighted by Gasteiger charge is 2.23. The molecular formula is C15H28N4OS. The van der Waals surface area contributed by atoms with Gasteiger partial charge in [0.25, 0.3) is 0 Å². The van der Waals surface area contributed by atoms with Gasteiger partial charge in [-0.05, 0) is 25.7 Å². The van der Waals surface area contributed by atoms with Crippen LogP contribution in [0.4, 0.5) is 0 Å². The molecule has 5 nitrogen and oxygen atoms in total. The molecule has 0 spiro atoms. The van der Waals surface area contributed by atoms with Crippen LogP contribution in [0.5, 0.6) is 0 Å². The Bertz CT molecular complexity index is 371. The van der Waals surface area contributed by atoms with Gasteiger partial charge >= 0.3 is 0 Å². The van der Waals surface area contributed by atoms with Gasteiger partial charge in [-0.2, -0.15) is 11.8 Å². The number of rotatable bonds is 6. The van der Waals surface area contributed by atoms with E-state index in [-0.39, 0.29) is 5.91 Å². The van der Waals surface area contributed by atoms with Crippen molar-refractivity contribution in [1.82, 2.24) is 15.5 Å². The summed E-state index contributed by atoms with van der Waals surface area (Å²) in [5.74, 6) is 2.34. The number of hydrogen-bond acceptors (Lipinski definition) is 3. The molecule has 1 saturated carbocycles. The fourth-order valence-electron chi connectivity index (χ4n) is 2.47. The first kappa shape index (κ1) is 16.5. The number of carbonyl (C=O) groups excluding carboxylic acids is 1. The third kappa shape index (κ3) is 5.77. The third-order valence-corrected chi connectivity index (χ3v) is 5.28. The number of thioether (sulfide) groups is 1. The Kier molecular flexibility index (Phi) is 6.67. The van der Waals surface area contributed by atoms with Crippen LogP contribution >= 0.6 is 11.8 Å². The van der Waals surface area contributed by atoms with Crippen LogP contribution in [-0.2, 0) is 4.79 Å². The zero-order valence-electron chi connectivity index (χ0n) is 13.2. The van der Waals surface area contributed by atoms with Crippen LogP contribution in [0.15, 0.2) is 4.99 Å². The maximum Gasteiger partial charge on any atom is 0.220 e. The van der Waals surface area contributed by atoms with Crippen molar-refractivity contribution in [2.24, 2.45) is 4.99 Å². The maximum absolute atomic E-state index is 11.6. The normalized spacial score (nSPS) is 23.0. The third-order valence-electron chi connectivity index (χ3n) is 3.91. The Balaban J connectivity index is 1.63. The Labute approximate surface area is 132 Å². The molecule has 0 bridgehead atoms. The first-order valence-corrected chi connectivity index (χ1v) is 9.14. The Hall–Kier alpha value is -0.910. The molecule has 0 aromatic carbocycles. The molecule has 1 aliphatic carbocycles. The van der Waals surface area contributed by atoms with Crippen LogP contribution in [0, 0.1) is 0 Å². The Morgan fingerprint density at radius 1 is 1.43 bits per heavy atom. The van der Waals surface area contributed by atoms with Gasteiger partial charge in [0, 0.05) is 50.1 Å². The zero-order valence-corrected chi connectivity index (χ0v) is 14.0. The second-order valence-electron chi connectivity index (χ2n) is 5.77. The lowest BCUT2D eigenvalue weighted by molar-refractivity contribution is -0.121. The minimum Gasteiger partial charge on any atom is -0.356 e. The number of hydrogen-bond donors (Lipinski definition) is 2. The van der Waals surface area contributed by atoms with Crippen molar-refractivity contribution in [1.29, 1.82) is 0 Å². The summed E-state index contributed by atoms with van der Waals surface area (Å²) in [5, 5.41) is 7.13. The average Bonchev–Trinajstić information content (AvgIpc) is 3.31. The summed E-state index contributed by atoms with van der Waals surface area (Å²) in [7, 11) is 1.84. The van der Waals surface area contributed by atoms with E-state index in [2.05, 4.69) is 39.2 Å². The standard InChI is InChI=1S/C15H28N4OS/c1-3-13-11-19(9-10-21-13)15(16-2)17-8-4-5-14(20)18-12-6-7-12/h12-13H,3-11H2,1-2H3,(H,16,17)(H,18,20). The molecule has 1 atom stereocenters. The molecule has 21 heavy (non-hydrogen) atoms. The van der Waals surface area contributed by atoms with Crippen molar-refractivity contribution in [2.45, 2.75) is 50.3 Å². The van der Waals surface area contributed by atoms with E-state index >= 15 is 0 Å². The van der Waals surface area contributed by atoms with Crippen LogP contribution in [0.2, 0.25) is 0 Å². The maximum atomic E-state index is 11.6. The highest BCUT2D eigenvalue weighted by molar-refractivity contribution is 8.00. The van der Waals surface area contributed by atoms with Crippen molar-refractivity contribution in [3.05, 3.63) is 0 Å². The van der Waals surface area contributed by atoms with Gasteiger partial charge in [0.15, 0.2) is 5.96 Å². The topological polar surface area (TPSA) is 56.7 Å². The Morgan fingerprint density at radius 3 is 2.90 bits per heavy atom. The molecule has 0 aromatic heterocycles. The molecule has 6 heteroatoms. The number of nitrogens with one attached hydrogen (secondary N) is 2. The van der Waals surface area contributed by atoms with E-state index in [0.717, 1.165) is 44.9 Å². The minimum absolute atomic E-state index is 0.190. The van der Waals surface area contributed by atoms with E-state index in [0.29, 0.717) is 17.7 Å². The predicted octanol–water partition coefficient (Wildman–Crippen LogP) is 1.45. The van der Waals surface area contributed by atoms with E-state index in [1.165, 1.54) is 12.2 Å². The molecule has 0 radical (unpaired) electrons. The summed E-state index contributed by atoms with van der Waals surface area (Å²) in [6, 6.07) is 0.468. The van der Waals surface area contributed by atoms with Crippen molar-refractivity contribution in [3.63, 3.8) is 0 Å². The fraction of sp³-hybridized carbons (Fsp3) is 0.867. The minimum atomic E-state index is 0.190. The van der Waals surface area contributed by atoms with Gasteiger partial charge in [0.2, 0.25) is 5.91 Å². The van der Waals surface area contributed by atoms with E-state index in [4.69, 9.17) is 0 Å². The molecule has 1 amide bonds. The largest absolute Gasteiger partial charge is 0.356 e. The van der Waals surface area contributed by atoms with Crippen LogP contribution in [0.25, 0.3) is 0 Å². The summed E-state index contributed by atoms with van der Waals surface area (Å²) < 4.78 is 0. The van der Waals surface area contributed by atoms with Gasteiger partial charge < -0.3 is 15.5 Å². The van der Waals surface area contributed by atoms with E-state index in [9.17, 15) is 4.79 Å². The molecule has 1 saturated heterocycles. The monoisotopic (exact) mass is 312 g/mol. The molecule has 2 rings (SSSR count). The van der Waals surface area contributed by atoms with Crippen LogP contribution < -0.4 is 10.6 Å². The molecule has 2 N–H and O–H groups in total. The lowest BCUT2D eigenvalue weighted by atomic mass is 10.3. The van der Waals surface area contributed by atoms with Crippen LogP contribution in [0.1, 0.15) is 39.0 Å². The van der Waals surface area contributed by atoms with Gasteiger partial charge in [-0.3, -0.25) is 9.79 Å². The van der Waals surface area contributed by atoms with E-state index in [1.54, 1.807) is 0 Å². The van der Waals surface area contributed by atoms with Crippen molar-refractivity contribution in [2.75, 3.05) is 32.4 Å². The summed E-state index contributed by atoms with van der Waals surface area (Å²) in [5.41, 5.74) is 0. The summed E-state index contributed by atoms with van der Waals surface area (Å²) >= 11 is 2.06. The van der Waals surface area contributed by atoms with Gasteiger partial charge in [-0.15, -0.1) is 0 Å². The molecular weight excluding hydrogens is 284 g/mol. The second kappa shape index (κ2) is 8.51. The Morgan fingerprint density at radius 2 is 2.24 bits per heavy atom. The van der Waals surface area contributed by atoms with Gasteiger partial charge in [-0.1, -0.05) is 6.92 Å². The first-order chi connectivity index (χ1) is 10.2. The number of nitrogens with zero attached hydrogens (tertiary/aromatic N) is 2. The van der Waals surface area contributed by atoms with E-state index in [1.807, 2.05) is 7.05 Å².